The average Bonchev–Trinajstić information content (AvgIpc) is 2.61. The Kier molecular flexibility index (Phi) is 6.69. The predicted molar refractivity (Wildman–Crippen MR) is 97.6 cm³/mol. The summed E-state index contributed by atoms with van der Waals surface area (Å²) in [6.07, 6.45) is 1.39. The molecule has 0 heterocycles. The zero-order valence-corrected chi connectivity index (χ0v) is 14.4. The molecule has 0 unspecified atom stereocenters. The average molecular weight is 344 g/mol. The minimum absolute atomic E-state index is 0.00972. The van der Waals surface area contributed by atoms with Crippen LogP contribution in [0, 0.1) is 0 Å². The summed E-state index contributed by atoms with van der Waals surface area (Å²) in [5.41, 5.74) is 4.13. The number of amides is 1. The molecular weight excluding hydrogens is 324 g/mol. The fourth-order valence-electron chi connectivity index (χ4n) is 1.94. The Balaban J connectivity index is 1.86. The molecule has 2 aromatic rings. The van der Waals surface area contributed by atoms with Crippen molar-refractivity contribution in [3.8, 4) is 11.5 Å². The highest BCUT2D eigenvalue weighted by Crippen LogP contribution is 2.27. The number of carbonyl (C=O) groups excluding carboxylic acids is 1. The van der Waals surface area contributed by atoms with Crippen LogP contribution in [-0.4, -0.2) is 29.6 Å². The van der Waals surface area contributed by atoms with Crippen LogP contribution in [0.25, 0.3) is 0 Å². The molecule has 2 aromatic carbocycles. The number of methoxy groups -OCH3 is 1. The van der Waals surface area contributed by atoms with Gasteiger partial charge in [0.15, 0.2) is 11.5 Å². The van der Waals surface area contributed by atoms with E-state index in [0.717, 1.165) is 5.75 Å². The summed E-state index contributed by atoms with van der Waals surface area (Å²) in [6, 6.07) is 15.0. The lowest BCUT2D eigenvalue weighted by Gasteiger charge is -2.09. The van der Waals surface area contributed by atoms with Crippen LogP contribution < -0.4 is 10.2 Å². The lowest BCUT2D eigenvalue weighted by atomic mass is 10.2. The zero-order chi connectivity index (χ0) is 17.4. The maximum Gasteiger partial charge on any atom is 0.252 e. The van der Waals surface area contributed by atoms with Gasteiger partial charge in [0.2, 0.25) is 0 Å². The standard InChI is InChI=1S/C18H20N2O3S/c1-13(24-12-14-7-4-3-5-8-14)18(22)20-19-11-15-9-6-10-16(23-2)17(15)21/h3-11,13,21H,12H2,1-2H3,(H,20,22)/b19-11+/t13-/m1/s1. The Morgan fingerprint density at radius 2 is 2.04 bits per heavy atom. The van der Waals surface area contributed by atoms with Crippen molar-refractivity contribution in [3.63, 3.8) is 0 Å². The van der Waals surface area contributed by atoms with E-state index in [1.165, 1.54) is 30.6 Å². The molecule has 0 fully saturated rings. The Hall–Kier alpha value is -2.47. The highest BCUT2D eigenvalue weighted by atomic mass is 32.2. The molecular formula is C18H20N2O3S. The lowest BCUT2D eigenvalue weighted by molar-refractivity contribution is -0.120. The van der Waals surface area contributed by atoms with Crippen molar-refractivity contribution in [3.05, 3.63) is 59.7 Å². The number of aromatic hydroxyl groups is 1. The van der Waals surface area contributed by atoms with Gasteiger partial charge in [-0.15, -0.1) is 11.8 Å². The van der Waals surface area contributed by atoms with Crippen LogP contribution in [0.4, 0.5) is 0 Å². The van der Waals surface area contributed by atoms with E-state index in [1.807, 2.05) is 37.3 Å². The van der Waals surface area contributed by atoms with Gasteiger partial charge in [-0.05, 0) is 24.6 Å². The van der Waals surface area contributed by atoms with E-state index < -0.39 is 0 Å². The number of phenolic OH excluding ortho intramolecular Hbond substituents is 1. The van der Waals surface area contributed by atoms with E-state index in [1.54, 1.807) is 18.2 Å². The third kappa shape index (κ3) is 5.03. The molecule has 0 aliphatic carbocycles. The SMILES string of the molecule is COc1cccc(/C=N/NC(=O)[C@@H](C)SCc2ccccc2)c1O. The van der Waals surface area contributed by atoms with E-state index in [4.69, 9.17) is 4.74 Å². The number of thioether (sulfide) groups is 1. The van der Waals surface area contributed by atoms with E-state index in [-0.39, 0.29) is 16.9 Å². The van der Waals surface area contributed by atoms with Crippen molar-refractivity contribution >= 4 is 23.9 Å². The number of nitrogens with zero attached hydrogens (tertiary/aromatic N) is 1. The number of nitrogens with one attached hydrogen (secondary N) is 1. The molecule has 6 heteroatoms. The maximum atomic E-state index is 12.0. The number of hydrogen-bond donors (Lipinski definition) is 2. The third-order valence-electron chi connectivity index (χ3n) is 3.34. The first-order valence-electron chi connectivity index (χ1n) is 7.46. The fraction of sp³-hybridized carbons (Fsp3) is 0.222. The second-order valence-corrected chi connectivity index (χ2v) is 6.40. The van der Waals surface area contributed by atoms with Gasteiger partial charge < -0.3 is 9.84 Å². The van der Waals surface area contributed by atoms with Crippen LogP contribution in [-0.2, 0) is 10.5 Å². The molecule has 0 aliphatic heterocycles. The second-order valence-electron chi connectivity index (χ2n) is 5.07. The molecule has 126 valence electrons. The summed E-state index contributed by atoms with van der Waals surface area (Å²) < 4.78 is 5.02. The normalized spacial score (nSPS) is 12.1. The van der Waals surface area contributed by atoms with Crippen molar-refractivity contribution in [1.29, 1.82) is 0 Å². The van der Waals surface area contributed by atoms with Crippen molar-refractivity contribution < 1.29 is 14.6 Å². The summed E-state index contributed by atoms with van der Waals surface area (Å²) in [4.78, 5) is 12.0. The molecule has 0 bridgehead atoms. The van der Waals surface area contributed by atoms with E-state index in [0.29, 0.717) is 11.3 Å². The van der Waals surface area contributed by atoms with Crippen LogP contribution in [0.1, 0.15) is 18.1 Å². The number of phenols is 1. The van der Waals surface area contributed by atoms with Crippen molar-refractivity contribution in [1.82, 2.24) is 5.43 Å². The molecule has 0 aromatic heterocycles. The van der Waals surface area contributed by atoms with Gasteiger partial charge in [-0.1, -0.05) is 36.4 Å². The lowest BCUT2D eigenvalue weighted by Crippen LogP contribution is -2.27. The minimum atomic E-state index is -0.235. The van der Waals surface area contributed by atoms with Gasteiger partial charge in [0.05, 0.1) is 18.6 Å². The Labute approximate surface area is 145 Å². The summed E-state index contributed by atoms with van der Waals surface area (Å²) in [5, 5.41) is 13.6. The second kappa shape index (κ2) is 8.98. The van der Waals surface area contributed by atoms with E-state index >= 15 is 0 Å². The predicted octanol–water partition coefficient (Wildman–Crippen LogP) is 3.17. The van der Waals surface area contributed by atoms with Gasteiger partial charge in [-0.2, -0.15) is 5.10 Å². The summed E-state index contributed by atoms with van der Waals surface area (Å²) >= 11 is 1.54. The minimum Gasteiger partial charge on any atom is -0.504 e. The largest absolute Gasteiger partial charge is 0.504 e. The number of hydrogen-bond acceptors (Lipinski definition) is 5. The molecule has 0 radical (unpaired) electrons. The van der Waals surface area contributed by atoms with E-state index in [2.05, 4.69) is 10.5 Å². The summed E-state index contributed by atoms with van der Waals surface area (Å²) in [6.45, 7) is 1.83. The quantitative estimate of drug-likeness (QED) is 0.598. The van der Waals surface area contributed by atoms with E-state index in [9.17, 15) is 9.90 Å². The number of para-hydroxylation sites is 1. The van der Waals surface area contributed by atoms with Crippen LogP contribution in [0.3, 0.4) is 0 Å². The number of benzene rings is 2. The number of rotatable bonds is 7. The molecule has 1 atom stereocenters. The summed E-state index contributed by atoms with van der Waals surface area (Å²) in [7, 11) is 1.48. The van der Waals surface area contributed by atoms with Gasteiger partial charge in [-0.3, -0.25) is 4.79 Å². The highest BCUT2D eigenvalue weighted by Gasteiger charge is 2.12. The first kappa shape index (κ1) is 17.9. The first-order valence-corrected chi connectivity index (χ1v) is 8.51. The van der Waals surface area contributed by atoms with Crippen molar-refractivity contribution in [2.45, 2.75) is 17.9 Å². The van der Waals surface area contributed by atoms with Gasteiger partial charge in [0.1, 0.15) is 0 Å². The van der Waals surface area contributed by atoms with Crippen LogP contribution in [0.5, 0.6) is 11.5 Å². The van der Waals surface area contributed by atoms with Gasteiger partial charge >= 0.3 is 0 Å². The monoisotopic (exact) mass is 344 g/mol. The summed E-state index contributed by atoms with van der Waals surface area (Å²) in [5.74, 6) is 0.923. The number of hydrazone groups is 1. The molecule has 0 saturated heterocycles. The maximum absolute atomic E-state index is 12.0. The van der Waals surface area contributed by atoms with Gasteiger partial charge in [0, 0.05) is 11.3 Å². The molecule has 5 nitrogen and oxygen atoms in total. The molecule has 0 saturated carbocycles. The van der Waals surface area contributed by atoms with Gasteiger partial charge in [0.25, 0.3) is 5.91 Å². The van der Waals surface area contributed by atoms with Crippen LogP contribution >= 0.6 is 11.8 Å². The topological polar surface area (TPSA) is 70.9 Å². The molecule has 0 aliphatic rings. The Morgan fingerprint density at radius 1 is 1.29 bits per heavy atom. The molecule has 2 N–H and O–H groups in total. The van der Waals surface area contributed by atoms with Gasteiger partial charge in [-0.25, -0.2) is 5.43 Å². The Bertz CT molecular complexity index is 705. The third-order valence-corrected chi connectivity index (χ3v) is 4.55. The Morgan fingerprint density at radius 3 is 2.75 bits per heavy atom. The highest BCUT2D eigenvalue weighted by molar-refractivity contribution is 7.99. The van der Waals surface area contributed by atoms with Crippen LogP contribution in [0.2, 0.25) is 0 Å². The molecule has 24 heavy (non-hydrogen) atoms. The number of carbonyl (C=O) groups is 1. The molecule has 1 amide bonds. The fourth-order valence-corrected chi connectivity index (χ4v) is 2.77. The molecule has 2 rings (SSSR count). The molecule has 0 spiro atoms. The smallest absolute Gasteiger partial charge is 0.252 e. The van der Waals surface area contributed by atoms with Crippen molar-refractivity contribution in [2.24, 2.45) is 5.10 Å². The number of ether oxygens (including phenoxy) is 1. The van der Waals surface area contributed by atoms with Crippen LogP contribution in [0.15, 0.2) is 53.6 Å². The zero-order valence-electron chi connectivity index (χ0n) is 13.6. The first-order chi connectivity index (χ1) is 11.6. The van der Waals surface area contributed by atoms with Crippen molar-refractivity contribution in [2.75, 3.05) is 7.11 Å².